The molecule has 17 heavy (non-hydrogen) atoms. The fourth-order valence-corrected chi connectivity index (χ4v) is 2.45. The van der Waals surface area contributed by atoms with Crippen molar-refractivity contribution in [3.05, 3.63) is 29.8 Å². The number of rotatable bonds is 1. The van der Waals surface area contributed by atoms with E-state index < -0.39 is 10.1 Å². The summed E-state index contributed by atoms with van der Waals surface area (Å²) in [6.07, 6.45) is 3.55. The van der Waals surface area contributed by atoms with Gasteiger partial charge in [-0.3, -0.25) is 4.55 Å². The summed E-state index contributed by atoms with van der Waals surface area (Å²) in [4.78, 5) is 0. The molecule has 0 amide bonds. The predicted octanol–water partition coefficient (Wildman–Crippen LogP) is 0.836. The van der Waals surface area contributed by atoms with Crippen molar-refractivity contribution in [3.63, 3.8) is 0 Å². The van der Waals surface area contributed by atoms with Crippen LogP contribution < -0.4 is 2.81 Å². The first-order valence-electron chi connectivity index (χ1n) is 5.47. The molecule has 1 atom stereocenters. The summed E-state index contributed by atoms with van der Waals surface area (Å²) in [5.74, 6) is 0. The van der Waals surface area contributed by atoms with Crippen LogP contribution in [0.4, 0.5) is 0 Å². The molecule has 1 unspecified atom stereocenters. The topological polar surface area (TPSA) is 63.6 Å². The van der Waals surface area contributed by atoms with Gasteiger partial charge in [-0.15, -0.1) is 0 Å². The average Bonchev–Trinajstić information content (AvgIpc) is 2.68. The van der Waals surface area contributed by atoms with Crippen LogP contribution in [0.25, 0.3) is 0 Å². The average molecular weight is 266 g/mol. The third-order valence-corrected chi connectivity index (χ3v) is 3.38. The minimum absolute atomic E-state index is 0.402. The third kappa shape index (κ3) is 6.55. The Labute approximate surface area is 120 Å². The van der Waals surface area contributed by atoms with E-state index in [0.29, 0.717) is 12.4 Å². The summed E-state index contributed by atoms with van der Waals surface area (Å²) in [5.41, 5.74) is 1.43. The van der Waals surface area contributed by atoms with Gasteiger partial charge in [-0.1, -0.05) is 0 Å². The van der Waals surface area contributed by atoms with Gasteiger partial charge in [-0.2, -0.15) is 8.42 Å². The fourth-order valence-electron chi connectivity index (χ4n) is 1.77. The molecule has 0 saturated carbocycles. The van der Waals surface area contributed by atoms with Gasteiger partial charge < -0.3 is 0 Å². The maximum absolute atomic E-state index is 9.19. The molecule has 0 spiro atoms. The van der Waals surface area contributed by atoms with E-state index in [1.54, 1.807) is 0 Å². The second kappa shape index (κ2) is 6.87. The first-order valence-corrected chi connectivity index (χ1v) is 8.32. The van der Waals surface area contributed by atoms with Crippen LogP contribution in [0.2, 0.25) is 0 Å². The number of ether oxygens (including phenoxy) is 1. The molecule has 0 radical (unpaired) electrons. The predicted molar refractivity (Wildman–Crippen MR) is 67.2 cm³/mol. The SMILES string of the molecule is CS(=O)(=O)O.[Na][c]1ccccc1C1CCCO1. The third-order valence-electron chi connectivity index (χ3n) is 2.47. The first-order chi connectivity index (χ1) is 7.88. The van der Waals surface area contributed by atoms with E-state index in [1.807, 2.05) is 0 Å². The Morgan fingerprint density at radius 1 is 1.41 bits per heavy atom. The Bertz CT molecular complexity index is 444. The van der Waals surface area contributed by atoms with Crippen molar-refractivity contribution in [2.75, 3.05) is 12.9 Å². The molecule has 4 nitrogen and oxygen atoms in total. The summed E-state index contributed by atoms with van der Waals surface area (Å²) >= 11 is 1.13. The summed E-state index contributed by atoms with van der Waals surface area (Å²) in [6, 6.07) is 8.64. The van der Waals surface area contributed by atoms with Crippen LogP contribution in [-0.2, 0) is 14.9 Å². The second-order valence-corrected chi connectivity index (χ2v) is 6.63. The van der Waals surface area contributed by atoms with Crippen LogP contribution in [0.3, 0.4) is 0 Å². The van der Waals surface area contributed by atoms with E-state index in [9.17, 15) is 8.42 Å². The van der Waals surface area contributed by atoms with Crippen LogP contribution >= 0.6 is 0 Å². The Hall–Kier alpha value is 0.0900. The van der Waals surface area contributed by atoms with Gasteiger partial charge in [0.05, 0.1) is 6.26 Å². The van der Waals surface area contributed by atoms with Crippen molar-refractivity contribution >= 4 is 40.9 Å². The maximum atomic E-state index is 9.19. The summed E-state index contributed by atoms with van der Waals surface area (Å²) in [6.45, 7) is 0.945. The zero-order valence-electron chi connectivity index (χ0n) is 10.1. The summed E-state index contributed by atoms with van der Waals surface area (Å²) < 4.78 is 33.0. The standard InChI is InChI=1S/C10H11O.CH4O3S.Na/c1-2-5-9(6-3-1)10-7-4-8-11-10;1-5(2,3)4;/h1-3,5,10H,4,7-8H2;1H3,(H,2,3,4);. The minimum atomic E-state index is -3.67. The zero-order valence-corrected chi connectivity index (χ0v) is 12.9. The molecule has 90 valence electrons. The first kappa shape index (κ1) is 15.1. The number of hydrogen-bond donors (Lipinski definition) is 1. The molecule has 1 heterocycles. The number of benzene rings is 1. The van der Waals surface area contributed by atoms with Crippen molar-refractivity contribution < 1.29 is 17.7 Å². The second-order valence-electron chi connectivity index (χ2n) is 4.09. The van der Waals surface area contributed by atoms with Gasteiger partial charge in [-0.25, -0.2) is 0 Å². The Kier molecular flexibility index (Phi) is 6.12. The molecule has 2 rings (SSSR count). The molecule has 1 aromatic carbocycles. The van der Waals surface area contributed by atoms with Crippen molar-refractivity contribution in [3.8, 4) is 0 Å². The van der Waals surface area contributed by atoms with Crippen molar-refractivity contribution in [2.45, 2.75) is 18.9 Å². The Morgan fingerprint density at radius 2 is 2.00 bits per heavy atom. The molecule has 1 fully saturated rings. The normalized spacial score (nSPS) is 19.6. The van der Waals surface area contributed by atoms with E-state index in [1.165, 1.54) is 21.2 Å². The van der Waals surface area contributed by atoms with E-state index in [4.69, 9.17) is 9.29 Å². The van der Waals surface area contributed by atoms with Crippen molar-refractivity contribution in [1.82, 2.24) is 0 Å². The van der Waals surface area contributed by atoms with Gasteiger partial charge in [0.15, 0.2) is 0 Å². The van der Waals surface area contributed by atoms with E-state index in [2.05, 4.69) is 24.3 Å². The van der Waals surface area contributed by atoms with Crippen LogP contribution in [0.15, 0.2) is 24.3 Å². The van der Waals surface area contributed by atoms with Gasteiger partial charge in [0.25, 0.3) is 10.1 Å². The number of hydrogen-bond acceptors (Lipinski definition) is 3. The molecule has 0 bridgehead atoms. The van der Waals surface area contributed by atoms with E-state index in [-0.39, 0.29) is 0 Å². The zero-order chi connectivity index (χ0) is 12.9. The van der Waals surface area contributed by atoms with Crippen molar-refractivity contribution in [2.24, 2.45) is 0 Å². The summed E-state index contributed by atoms with van der Waals surface area (Å²) in [5, 5.41) is 0. The molecular weight excluding hydrogens is 251 g/mol. The van der Waals surface area contributed by atoms with Crippen LogP contribution in [0.1, 0.15) is 24.5 Å². The van der Waals surface area contributed by atoms with Crippen LogP contribution in [-0.4, -0.2) is 53.8 Å². The molecule has 6 heteroatoms. The van der Waals surface area contributed by atoms with Gasteiger partial charge in [0.1, 0.15) is 0 Å². The molecule has 1 saturated heterocycles. The van der Waals surface area contributed by atoms with Gasteiger partial charge >= 0.3 is 90.9 Å². The fraction of sp³-hybridized carbons (Fsp3) is 0.455. The monoisotopic (exact) mass is 266 g/mol. The van der Waals surface area contributed by atoms with Crippen LogP contribution in [0.5, 0.6) is 0 Å². The Balaban J connectivity index is 0.000000249. The Morgan fingerprint density at radius 3 is 2.47 bits per heavy atom. The van der Waals surface area contributed by atoms with Gasteiger partial charge in [0.2, 0.25) is 0 Å². The van der Waals surface area contributed by atoms with Crippen LogP contribution in [0, 0.1) is 0 Å². The van der Waals surface area contributed by atoms with E-state index in [0.717, 1.165) is 34.5 Å². The van der Waals surface area contributed by atoms with Gasteiger partial charge in [-0.05, 0) is 0 Å². The molecule has 1 aromatic rings. The molecule has 1 aliphatic rings. The molecule has 0 aromatic heterocycles. The quantitative estimate of drug-likeness (QED) is 0.604. The molecule has 1 aliphatic heterocycles. The van der Waals surface area contributed by atoms with Crippen molar-refractivity contribution in [1.29, 1.82) is 0 Å². The molecule has 0 aliphatic carbocycles. The molecular formula is C11H15NaO4S. The van der Waals surface area contributed by atoms with E-state index >= 15 is 0 Å². The van der Waals surface area contributed by atoms with Gasteiger partial charge in [0, 0.05) is 0 Å². The summed E-state index contributed by atoms with van der Waals surface area (Å²) in [7, 11) is -3.67. The molecule has 1 N–H and O–H groups in total.